The SMILES string of the molecule is CCN1C(=S)c2ccc(CN3CCN(c4ccc(NC(C)=O)nc4F)CC3)cc2NC1O. The van der Waals surface area contributed by atoms with Crippen LogP contribution in [-0.4, -0.2) is 69.9 Å². The lowest BCUT2D eigenvalue weighted by Gasteiger charge is -2.37. The number of hydrogen-bond acceptors (Lipinski definition) is 7. The number of halogens is 1. The molecular formula is C22H27FN6O2S. The van der Waals surface area contributed by atoms with Gasteiger partial charge in [-0.1, -0.05) is 18.3 Å². The number of benzene rings is 1. The molecule has 2 aliphatic heterocycles. The maximum absolute atomic E-state index is 14.4. The lowest BCUT2D eigenvalue weighted by Crippen LogP contribution is -2.48. The molecule has 1 amide bonds. The number of hydrogen-bond donors (Lipinski definition) is 3. The van der Waals surface area contributed by atoms with E-state index in [-0.39, 0.29) is 11.7 Å². The number of nitrogens with one attached hydrogen (secondary N) is 2. The van der Waals surface area contributed by atoms with Gasteiger partial charge in [-0.3, -0.25) is 9.69 Å². The van der Waals surface area contributed by atoms with Gasteiger partial charge in [-0.25, -0.2) is 4.98 Å². The smallest absolute Gasteiger partial charge is 0.238 e. The van der Waals surface area contributed by atoms with Gasteiger partial charge < -0.3 is 25.5 Å². The second-order valence-corrected chi connectivity index (χ2v) is 8.33. The van der Waals surface area contributed by atoms with Crippen LogP contribution in [0.4, 0.5) is 21.6 Å². The first-order chi connectivity index (χ1) is 15.4. The van der Waals surface area contributed by atoms with Crippen molar-refractivity contribution in [2.45, 2.75) is 26.7 Å². The van der Waals surface area contributed by atoms with Crippen molar-refractivity contribution in [3.8, 4) is 0 Å². The summed E-state index contributed by atoms with van der Waals surface area (Å²) < 4.78 is 14.4. The topological polar surface area (TPSA) is 84.0 Å². The van der Waals surface area contributed by atoms with Crippen molar-refractivity contribution in [2.75, 3.05) is 48.3 Å². The molecule has 1 fully saturated rings. The predicted octanol–water partition coefficient (Wildman–Crippen LogP) is 2.20. The van der Waals surface area contributed by atoms with E-state index in [9.17, 15) is 14.3 Å². The Labute approximate surface area is 192 Å². The number of piperazine rings is 1. The van der Waals surface area contributed by atoms with Gasteiger partial charge in [-0.15, -0.1) is 0 Å². The molecular weight excluding hydrogens is 431 g/mol. The number of anilines is 3. The maximum atomic E-state index is 14.4. The number of fused-ring (bicyclic) bond motifs is 1. The van der Waals surface area contributed by atoms with Crippen LogP contribution >= 0.6 is 12.2 Å². The number of carbonyl (C=O) groups excluding carboxylic acids is 1. The Kier molecular flexibility index (Phi) is 6.54. The molecule has 8 nitrogen and oxygen atoms in total. The summed E-state index contributed by atoms with van der Waals surface area (Å²) in [5.74, 6) is -0.652. The van der Waals surface area contributed by atoms with Crippen LogP contribution in [-0.2, 0) is 11.3 Å². The van der Waals surface area contributed by atoms with E-state index in [1.807, 2.05) is 24.0 Å². The van der Waals surface area contributed by atoms with E-state index in [1.165, 1.54) is 6.92 Å². The molecule has 1 aromatic heterocycles. The van der Waals surface area contributed by atoms with Gasteiger partial charge in [0.2, 0.25) is 18.2 Å². The Morgan fingerprint density at radius 1 is 1.28 bits per heavy atom. The van der Waals surface area contributed by atoms with Crippen LogP contribution in [0.5, 0.6) is 0 Å². The summed E-state index contributed by atoms with van der Waals surface area (Å²) >= 11 is 5.51. The molecule has 0 spiro atoms. The lowest BCUT2D eigenvalue weighted by atomic mass is 10.1. The molecule has 3 N–H and O–H groups in total. The molecule has 1 atom stereocenters. The predicted molar refractivity (Wildman–Crippen MR) is 126 cm³/mol. The second-order valence-electron chi connectivity index (χ2n) is 7.94. The summed E-state index contributed by atoms with van der Waals surface area (Å²) in [5, 5.41) is 15.9. The van der Waals surface area contributed by atoms with E-state index < -0.39 is 12.3 Å². The third kappa shape index (κ3) is 4.67. The minimum absolute atomic E-state index is 0.213. The van der Waals surface area contributed by atoms with E-state index in [1.54, 1.807) is 17.0 Å². The standard InChI is InChI=1S/C22H27FN6O2S/c1-3-29-21(32)16-5-4-15(12-17(16)25-22(29)31)13-27-8-10-28(11-9-27)18-6-7-19(24-14(2)30)26-20(18)23/h4-7,12,22,25,31H,3,8-11,13H2,1-2H3,(H,24,26,30). The summed E-state index contributed by atoms with van der Waals surface area (Å²) in [4.78, 5) is 21.6. The fraction of sp³-hybridized carbons (Fsp3) is 0.409. The van der Waals surface area contributed by atoms with Crippen LogP contribution in [0.2, 0.25) is 0 Å². The van der Waals surface area contributed by atoms with Crippen LogP contribution in [0, 0.1) is 5.95 Å². The van der Waals surface area contributed by atoms with E-state index >= 15 is 0 Å². The van der Waals surface area contributed by atoms with Crippen LogP contribution in [0.1, 0.15) is 25.0 Å². The Morgan fingerprint density at radius 3 is 2.69 bits per heavy atom. The third-order valence-electron chi connectivity index (χ3n) is 5.75. The number of aliphatic hydroxyl groups excluding tert-OH is 1. The number of aromatic nitrogens is 1. The van der Waals surface area contributed by atoms with Gasteiger partial charge in [0.15, 0.2) is 0 Å². The third-order valence-corrected chi connectivity index (χ3v) is 6.20. The Balaban J connectivity index is 1.37. The molecule has 0 saturated carbocycles. The van der Waals surface area contributed by atoms with Gasteiger partial charge in [0.05, 0.1) is 5.69 Å². The molecule has 2 aliphatic rings. The fourth-order valence-corrected chi connectivity index (χ4v) is 4.52. The quantitative estimate of drug-likeness (QED) is 0.465. The lowest BCUT2D eigenvalue weighted by molar-refractivity contribution is -0.114. The number of rotatable bonds is 5. The zero-order valence-electron chi connectivity index (χ0n) is 18.1. The zero-order valence-corrected chi connectivity index (χ0v) is 19.0. The molecule has 0 radical (unpaired) electrons. The number of amides is 1. The van der Waals surface area contributed by atoms with Gasteiger partial charge in [0, 0.05) is 57.4 Å². The largest absolute Gasteiger partial charge is 0.365 e. The summed E-state index contributed by atoms with van der Waals surface area (Å²) in [5.41, 5.74) is 3.33. The molecule has 3 heterocycles. The van der Waals surface area contributed by atoms with Crippen molar-refractivity contribution in [3.05, 3.63) is 47.4 Å². The van der Waals surface area contributed by atoms with Crippen molar-refractivity contribution < 1.29 is 14.3 Å². The van der Waals surface area contributed by atoms with Crippen molar-refractivity contribution in [2.24, 2.45) is 0 Å². The highest BCUT2D eigenvalue weighted by Crippen LogP contribution is 2.27. The summed E-state index contributed by atoms with van der Waals surface area (Å²) in [6, 6.07) is 9.38. The van der Waals surface area contributed by atoms with E-state index in [2.05, 4.69) is 26.6 Å². The number of aliphatic hydroxyl groups is 1. The number of nitrogens with zero attached hydrogens (tertiary/aromatic N) is 4. The maximum Gasteiger partial charge on any atom is 0.238 e. The first-order valence-electron chi connectivity index (χ1n) is 10.7. The molecule has 0 aliphatic carbocycles. The highest BCUT2D eigenvalue weighted by molar-refractivity contribution is 7.80. The average molecular weight is 459 g/mol. The number of thiocarbonyl (C=S) groups is 1. The van der Waals surface area contributed by atoms with Gasteiger partial charge in [-0.2, -0.15) is 4.39 Å². The van der Waals surface area contributed by atoms with Crippen LogP contribution in [0.15, 0.2) is 30.3 Å². The van der Waals surface area contributed by atoms with E-state index in [0.717, 1.165) is 36.4 Å². The normalized spacial score (nSPS) is 18.9. The van der Waals surface area contributed by atoms with Crippen LogP contribution < -0.4 is 15.5 Å². The Morgan fingerprint density at radius 2 is 2.03 bits per heavy atom. The molecule has 0 bridgehead atoms. The first-order valence-corrected chi connectivity index (χ1v) is 11.1. The van der Waals surface area contributed by atoms with Gasteiger partial charge in [-0.05, 0) is 36.8 Å². The van der Waals surface area contributed by atoms with Gasteiger partial charge >= 0.3 is 0 Å². The second kappa shape index (κ2) is 9.35. The summed E-state index contributed by atoms with van der Waals surface area (Å²) in [6.45, 7) is 7.61. The first kappa shape index (κ1) is 22.4. The highest BCUT2D eigenvalue weighted by atomic mass is 32.1. The van der Waals surface area contributed by atoms with Gasteiger partial charge in [0.25, 0.3) is 0 Å². The van der Waals surface area contributed by atoms with Crippen LogP contribution in [0.25, 0.3) is 0 Å². The molecule has 32 heavy (non-hydrogen) atoms. The average Bonchev–Trinajstić information content (AvgIpc) is 2.74. The van der Waals surface area contributed by atoms with E-state index in [0.29, 0.717) is 30.3 Å². The monoisotopic (exact) mass is 458 g/mol. The van der Waals surface area contributed by atoms with Crippen molar-refractivity contribution in [1.82, 2.24) is 14.8 Å². The number of carbonyl (C=O) groups is 1. The number of pyridine rings is 1. The minimum atomic E-state index is -0.820. The van der Waals surface area contributed by atoms with Gasteiger partial charge in [0.1, 0.15) is 10.8 Å². The molecule has 1 saturated heterocycles. The molecule has 10 heteroatoms. The minimum Gasteiger partial charge on any atom is -0.365 e. The molecule has 170 valence electrons. The van der Waals surface area contributed by atoms with Crippen molar-refractivity contribution in [1.29, 1.82) is 0 Å². The molecule has 1 unspecified atom stereocenters. The van der Waals surface area contributed by atoms with Crippen molar-refractivity contribution in [3.63, 3.8) is 0 Å². The summed E-state index contributed by atoms with van der Waals surface area (Å²) in [6.07, 6.45) is -0.820. The Hall–Kier alpha value is -2.82. The summed E-state index contributed by atoms with van der Waals surface area (Å²) in [7, 11) is 0. The van der Waals surface area contributed by atoms with E-state index in [4.69, 9.17) is 12.2 Å². The van der Waals surface area contributed by atoms with Crippen LogP contribution in [0.3, 0.4) is 0 Å². The fourth-order valence-electron chi connectivity index (χ4n) is 4.11. The molecule has 4 rings (SSSR count). The van der Waals surface area contributed by atoms with Crippen molar-refractivity contribution >= 4 is 40.3 Å². The highest BCUT2D eigenvalue weighted by Gasteiger charge is 2.27. The molecule has 1 aromatic carbocycles. The molecule has 2 aromatic rings. The Bertz CT molecular complexity index is 1030. The zero-order chi connectivity index (χ0) is 22.8.